The zero-order valence-electron chi connectivity index (χ0n) is 18.3. The molecule has 1 aliphatic heterocycles. The van der Waals surface area contributed by atoms with Crippen LogP contribution in [0.2, 0.25) is 0 Å². The number of imidazole rings is 1. The Morgan fingerprint density at radius 3 is 2.62 bits per heavy atom. The van der Waals surface area contributed by atoms with Crippen LogP contribution >= 0.6 is 27.3 Å². The Hall–Kier alpha value is -2.72. The van der Waals surface area contributed by atoms with E-state index in [1.807, 2.05) is 38.1 Å². The first-order chi connectivity index (χ1) is 16.1. The molecule has 0 bridgehead atoms. The van der Waals surface area contributed by atoms with Gasteiger partial charge in [0.2, 0.25) is 0 Å². The molecule has 1 fully saturated rings. The van der Waals surface area contributed by atoms with E-state index in [1.165, 1.54) is 17.4 Å². The van der Waals surface area contributed by atoms with Gasteiger partial charge in [-0.3, -0.25) is 4.79 Å². The number of rotatable bonds is 3. The normalized spacial score (nSPS) is 18.7. The van der Waals surface area contributed by atoms with Crippen LogP contribution in [0.5, 0.6) is 0 Å². The maximum atomic E-state index is 13.7. The van der Waals surface area contributed by atoms with Gasteiger partial charge in [0.1, 0.15) is 11.5 Å². The van der Waals surface area contributed by atoms with Crippen LogP contribution in [0.15, 0.2) is 46.9 Å². The van der Waals surface area contributed by atoms with Crippen molar-refractivity contribution in [1.29, 1.82) is 0 Å². The molecule has 1 amide bonds. The van der Waals surface area contributed by atoms with Gasteiger partial charge in [0.15, 0.2) is 0 Å². The zero-order chi connectivity index (χ0) is 24.2. The summed E-state index contributed by atoms with van der Waals surface area (Å²) in [7, 11) is 0. The van der Waals surface area contributed by atoms with Crippen molar-refractivity contribution in [2.75, 3.05) is 6.54 Å². The minimum atomic E-state index is -4.44. The van der Waals surface area contributed by atoms with Crippen LogP contribution in [0.1, 0.15) is 46.3 Å². The predicted octanol–water partition coefficient (Wildman–Crippen LogP) is 7.00. The molecule has 1 saturated heterocycles. The topological polar surface area (TPSA) is 61.9 Å². The van der Waals surface area contributed by atoms with Crippen molar-refractivity contribution < 1.29 is 18.0 Å². The number of halogens is 4. The third kappa shape index (κ3) is 4.13. The fourth-order valence-electron chi connectivity index (χ4n) is 4.44. The molecule has 5 nitrogen and oxygen atoms in total. The van der Waals surface area contributed by atoms with E-state index in [9.17, 15) is 18.0 Å². The van der Waals surface area contributed by atoms with Gasteiger partial charge in [-0.05, 0) is 55.2 Å². The number of thiazole rings is 1. The Kier molecular flexibility index (Phi) is 5.76. The number of nitrogens with one attached hydrogen (secondary N) is 1. The molecular formula is C24H20BrF3N4OS. The van der Waals surface area contributed by atoms with Crippen LogP contribution in [-0.4, -0.2) is 32.3 Å². The summed E-state index contributed by atoms with van der Waals surface area (Å²) in [6.07, 6.45) is -3.67. The lowest BCUT2D eigenvalue weighted by atomic mass is 10.0. The lowest BCUT2D eigenvalue weighted by Gasteiger charge is -2.25. The maximum absolute atomic E-state index is 13.7. The highest BCUT2D eigenvalue weighted by Crippen LogP contribution is 2.40. The average Bonchev–Trinajstić information content (AvgIpc) is 3.48. The van der Waals surface area contributed by atoms with Crippen molar-refractivity contribution in [3.05, 3.63) is 69.0 Å². The smallest absolute Gasteiger partial charge is 0.340 e. The summed E-state index contributed by atoms with van der Waals surface area (Å²) >= 11 is 4.90. The molecule has 0 aliphatic carbocycles. The van der Waals surface area contributed by atoms with Gasteiger partial charge in [0.05, 0.1) is 32.5 Å². The van der Waals surface area contributed by atoms with Gasteiger partial charge in [0.25, 0.3) is 5.91 Å². The number of alkyl halides is 3. The van der Waals surface area contributed by atoms with Gasteiger partial charge in [-0.25, -0.2) is 9.97 Å². The molecule has 1 N–H and O–H groups in total. The van der Waals surface area contributed by atoms with Crippen LogP contribution in [0.25, 0.3) is 21.5 Å². The highest BCUT2D eigenvalue weighted by molar-refractivity contribution is 9.10. The highest BCUT2D eigenvalue weighted by atomic mass is 79.9. The van der Waals surface area contributed by atoms with Crippen LogP contribution in [0.4, 0.5) is 13.2 Å². The van der Waals surface area contributed by atoms with Crippen molar-refractivity contribution in [2.24, 2.45) is 5.92 Å². The van der Waals surface area contributed by atoms with E-state index in [4.69, 9.17) is 0 Å². The van der Waals surface area contributed by atoms with E-state index in [-0.39, 0.29) is 17.9 Å². The number of aryl methyl sites for hydroxylation is 1. The lowest BCUT2D eigenvalue weighted by Crippen LogP contribution is -2.33. The molecule has 0 unspecified atom stereocenters. The maximum Gasteiger partial charge on any atom is 0.416 e. The van der Waals surface area contributed by atoms with E-state index in [2.05, 4.69) is 30.9 Å². The second-order valence-electron chi connectivity index (χ2n) is 8.48. The number of H-pyrrole nitrogens is 1. The SMILES string of the molecule is Cc1nc(C(=O)N2CC[C@H](C)[C@H]2c2nc3ccc(C(F)(F)F)cc3[nH]2)c(-c2ccc(Br)cc2)s1. The monoisotopic (exact) mass is 548 g/mol. The van der Waals surface area contributed by atoms with Gasteiger partial charge in [0, 0.05) is 11.0 Å². The van der Waals surface area contributed by atoms with E-state index in [0.717, 1.165) is 38.5 Å². The Bertz CT molecular complexity index is 1380. The van der Waals surface area contributed by atoms with Gasteiger partial charge in [-0.1, -0.05) is 35.0 Å². The second-order valence-corrected chi connectivity index (χ2v) is 10.6. The predicted molar refractivity (Wildman–Crippen MR) is 129 cm³/mol. The van der Waals surface area contributed by atoms with Crippen molar-refractivity contribution in [3.63, 3.8) is 0 Å². The molecule has 34 heavy (non-hydrogen) atoms. The van der Waals surface area contributed by atoms with Crippen molar-refractivity contribution in [3.8, 4) is 10.4 Å². The first-order valence-corrected chi connectivity index (χ1v) is 12.3. The molecule has 5 rings (SSSR count). The molecule has 0 radical (unpaired) electrons. The minimum Gasteiger partial charge on any atom is -0.340 e. The molecule has 2 atom stereocenters. The standard InChI is InChI=1S/C24H20BrF3N4OS/c1-12-9-10-32(20(12)22-30-17-8-5-15(24(26,27)28)11-18(17)31-22)23(33)19-21(34-13(2)29-19)14-3-6-16(25)7-4-14/h3-8,11-12,20H,9-10H2,1-2H3,(H,30,31)/t12-,20-/m0/s1. The van der Waals surface area contributed by atoms with Crippen LogP contribution in [-0.2, 0) is 6.18 Å². The van der Waals surface area contributed by atoms with Crippen LogP contribution in [0.3, 0.4) is 0 Å². The number of fused-ring (bicyclic) bond motifs is 1. The number of aromatic amines is 1. The third-order valence-corrected chi connectivity index (χ3v) is 7.66. The summed E-state index contributed by atoms with van der Waals surface area (Å²) in [5, 5.41) is 0.786. The average molecular weight is 549 g/mol. The van der Waals surface area contributed by atoms with Gasteiger partial charge >= 0.3 is 6.18 Å². The first kappa shape index (κ1) is 23.0. The molecule has 0 saturated carbocycles. The van der Waals surface area contributed by atoms with E-state index in [0.29, 0.717) is 29.1 Å². The van der Waals surface area contributed by atoms with Crippen LogP contribution in [0, 0.1) is 12.8 Å². The van der Waals surface area contributed by atoms with Crippen molar-refractivity contribution in [2.45, 2.75) is 32.5 Å². The number of nitrogens with zero attached hydrogens (tertiary/aromatic N) is 3. The van der Waals surface area contributed by atoms with E-state index >= 15 is 0 Å². The molecular weight excluding hydrogens is 529 g/mol. The highest BCUT2D eigenvalue weighted by Gasteiger charge is 2.40. The Balaban J connectivity index is 1.51. The summed E-state index contributed by atoms with van der Waals surface area (Å²) < 4.78 is 40.4. The van der Waals surface area contributed by atoms with E-state index in [1.54, 1.807) is 4.90 Å². The largest absolute Gasteiger partial charge is 0.416 e. The third-order valence-electron chi connectivity index (χ3n) is 6.11. The summed E-state index contributed by atoms with van der Waals surface area (Å²) in [6, 6.07) is 10.8. The second kappa shape index (κ2) is 8.49. The van der Waals surface area contributed by atoms with Crippen molar-refractivity contribution in [1.82, 2.24) is 19.9 Å². The lowest BCUT2D eigenvalue weighted by molar-refractivity contribution is -0.137. The summed E-state index contributed by atoms with van der Waals surface area (Å²) in [6.45, 7) is 4.41. The number of carbonyl (C=O) groups excluding carboxylic acids is 1. The number of hydrogen-bond acceptors (Lipinski definition) is 4. The summed E-state index contributed by atoms with van der Waals surface area (Å²) in [5.41, 5.74) is 1.30. The molecule has 0 spiro atoms. The molecule has 10 heteroatoms. The Morgan fingerprint density at radius 1 is 1.18 bits per heavy atom. The molecule has 3 heterocycles. The molecule has 2 aromatic heterocycles. The number of amides is 1. The molecule has 2 aromatic carbocycles. The number of benzene rings is 2. The first-order valence-electron chi connectivity index (χ1n) is 10.7. The number of likely N-dealkylation sites (tertiary alicyclic amines) is 1. The zero-order valence-corrected chi connectivity index (χ0v) is 20.7. The molecule has 4 aromatic rings. The number of aromatic nitrogens is 3. The minimum absolute atomic E-state index is 0.0856. The van der Waals surface area contributed by atoms with Crippen LogP contribution < -0.4 is 0 Å². The summed E-state index contributed by atoms with van der Waals surface area (Å²) in [5.74, 6) is 0.375. The quantitative estimate of drug-likeness (QED) is 0.300. The van der Waals surface area contributed by atoms with Gasteiger partial charge < -0.3 is 9.88 Å². The Labute approximate surface area is 206 Å². The van der Waals surface area contributed by atoms with Gasteiger partial charge in [-0.2, -0.15) is 13.2 Å². The van der Waals surface area contributed by atoms with E-state index < -0.39 is 11.7 Å². The number of hydrogen-bond donors (Lipinski definition) is 1. The summed E-state index contributed by atoms with van der Waals surface area (Å²) in [4.78, 5) is 28.4. The van der Waals surface area contributed by atoms with Crippen molar-refractivity contribution >= 4 is 44.2 Å². The molecule has 1 aliphatic rings. The molecule has 176 valence electrons. The fourth-order valence-corrected chi connectivity index (χ4v) is 5.62. The Morgan fingerprint density at radius 2 is 1.91 bits per heavy atom. The number of carbonyl (C=O) groups is 1. The fraction of sp³-hybridized carbons (Fsp3) is 0.292. The van der Waals surface area contributed by atoms with Gasteiger partial charge in [-0.15, -0.1) is 11.3 Å².